The van der Waals surface area contributed by atoms with Crippen LogP contribution in [0.25, 0.3) is 0 Å². The molecule has 4 aliphatic rings. The Morgan fingerprint density at radius 3 is 2.59 bits per heavy atom. The maximum atomic E-state index is 4.15. The van der Waals surface area contributed by atoms with E-state index in [1.165, 1.54) is 82.6 Å². The molecule has 3 saturated carbocycles. The van der Waals surface area contributed by atoms with E-state index in [0.29, 0.717) is 10.8 Å². The lowest BCUT2D eigenvalue weighted by atomic mass is 9.46. The molecule has 0 amide bonds. The van der Waals surface area contributed by atoms with Crippen molar-refractivity contribution in [2.24, 2.45) is 52.3 Å². The summed E-state index contributed by atoms with van der Waals surface area (Å²) in [6.45, 7) is 19.2. The average molecular weight is 465 g/mol. The van der Waals surface area contributed by atoms with Crippen molar-refractivity contribution in [3.8, 4) is 0 Å². The highest BCUT2D eigenvalue weighted by Gasteiger charge is 2.59. The summed E-state index contributed by atoms with van der Waals surface area (Å²) in [6.07, 6.45) is 25.8. The fourth-order valence-electron chi connectivity index (χ4n) is 9.51. The smallest absolute Gasteiger partial charge is 0.00851 e. The molecule has 0 N–H and O–H groups in total. The van der Waals surface area contributed by atoms with Gasteiger partial charge in [0.1, 0.15) is 0 Å². The van der Waals surface area contributed by atoms with Gasteiger partial charge in [-0.15, -0.1) is 0 Å². The molecule has 0 aromatic heterocycles. The molecule has 0 spiro atoms. The van der Waals surface area contributed by atoms with Gasteiger partial charge in [-0.2, -0.15) is 0 Å². The summed E-state index contributed by atoms with van der Waals surface area (Å²) in [5.74, 6) is 6.52. The van der Waals surface area contributed by atoms with Gasteiger partial charge in [0.25, 0.3) is 0 Å². The first kappa shape index (κ1) is 26.3. The molecule has 0 bridgehead atoms. The second kappa shape index (κ2) is 10.7. The molecule has 4 aliphatic carbocycles. The molecule has 0 nitrogen and oxygen atoms in total. The van der Waals surface area contributed by atoms with E-state index in [1.807, 2.05) is 5.57 Å². The number of allylic oxidation sites excluding steroid dienone is 5. The van der Waals surface area contributed by atoms with E-state index in [9.17, 15) is 0 Å². The first-order chi connectivity index (χ1) is 16.2. The number of hydrogen-bond acceptors (Lipinski definition) is 0. The summed E-state index contributed by atoms with van der Waals surface area (Å²) in [5.41, 5.74) is 4.24. The topological polar surface area (TPSA) is 0 Å². The zero-order valence-corrected chi connectivity index (χ0v) is 23.7. The van der Waals surface area contributed by atoms with Gasteiger partial charge in [-0.25, -0.2) is 0 Å². The van der Waals surface area contributed by atoms with Gasteiger partial charge in [0, 0.05) is 0 Å². The molecule has 0 aliphatic heterocycles. The minimum atomic E-state index is 0.498. The van der Waals surface area contributed by atoms with Crippen LogP contribution in [0.4, 0.5) is 0 Å². The summed E-state index contributed by atoms with van der Waals surface area (Å²) < 4.78 is 0. The first-order valence-corrected chi connectivity index (χ1v) is 15.2. The van der Waals surface area contributed by atoms with Gasteiger partial charge >= 0.3 is 0 Å². The van der Waals surface area contributed by atoms with Crippen LogP contribution >= 0.6 is 0 Å². The van der Waals surface area contributed by atoms with Crippen LogP contribution in [0.5, 0.6) is 0 Å². The molecule has 3 fully saturated rings. The largest absolute Gasteiger partial charge is 0.0959 e. The lowest BCUT2D eigenvalue weighted by Crippen LogP contribution is -2.50. The van der Waals surface area contributed by atoms with Crippen molar-refractivity contribution in [2.75, 3.05) is 0 Å². The normalized spacial score (nSPS) is 40.6. The van der Waals surface area contributed by atoms with Gasteiger partial charge in [0.05, 0.1) is 0 Å². The van der Waals surface area contributed by atoms with Crippen LogP contribution in [-0.2, 0) is 0 Å². The minimum absolute atomic E-state index is 0.498. The van der Waals surface area contributed by atoms with Crippen LogP contribution in [0.1, 0.15) is 125 Å². The van der Waals surface area contributed by atoms with E-state index < -0.39 is 0 Å². The highest BCUT2D eigenvalue weighted by molar-refractivity contribution is 5.25. The van der Waals surface area contributed by atoms with Crippen molar-refractivity contribution < 1.29 is 0 Å². The maximum Gasteiger partial charge on any atom is -0.00851 e. The van der Waals surface area contributed by atoms with Crippen LogP contribution in [0.15, 0.2) is 36.0 Å². The molecule has 0 aromatic carbocycles. The number of hydrogen-bond donors (Lipinski definition) is 0. The molecule has 0 radical (unpaired) electrons. The van der Waals surface area contributed by atoms with Gasteiger partial charge in [0.15, 0.2) is 0 Å². The fraction of sp³-hybridized carbons (Fsp3) is 0.824. The average Bonchev–Trinajstić information content (AvgIpc) is 3.16. The van der Waals surface area contributed by atoms with Crippen LogP contribution in [0.3, 0.4) is 0 Å². The van der Waals surface area contributed by atoms with Crippen molar-refractivity contribution in [1.82, 2.24) is 0 Å². The number of rotatable bonds is 9. The Balaban J connectivity index is 1.42. The summed E-state index contributed by atoms with van der Waals surface area (Å²) in [7, 11) is 0. The van der Waals surface area contributed by atoms with E-state index in [2.05, 4.69) is 66.3 Å². The third kappa shape index (κ3) is 5.04. The summed E-state index contributed by atoms with van der Waals surface area (Å²) in [5, 5.41) is 0. The van der Waals surface area contributed by atoms with Gasteiger partial charge in [-0.1, -0.05) is 96.8 Å². The molecule has 8 atom stereocenters. The zero-order chi connectivity index (χ0) is 24.5. The molecule has 0 saturated heterocycles. The molecule has 0 aromatic rings. The number of fused-ring (bicyclic) bond motifs is 5. The maximum absolute atomic E-state index is 4.15. The minimum Gasteiger partial charge on any atom is -0.0959 e. The third-order valence-corrected chi connectivity index (χ3v) is 11.7. The molecule has 34 heavy (non-hydrogen) atoms. The summed E-state index contributed by atoms with van der Waals surface area (Å²) in [6, 6.07) is 0. The Bertz CT molecular complexity index is 767. The van der Waals surface area contributed by atoms with Gasteiger partial charge in [-0.05, 0) is 116 Å². The molecular weight excluding hydrogens is 408 g/mol. The van der Waals surface area contributed by atoms with Crippen molar-refractivity contribution in [3.05, 3.63) is 36.0 Å². The standard InChI is InChI=1S/C34H56/c1-8-25(4)12-10-14-27-19-21-33(6)28(23-27)15-16-29-31-18-17-30(26(5)13-9-11-24(2)3)34(31,7)22-20-32(29)33/h10,12,15,24,26-27,29-32H,4,8-9,11,13-14,16-23H2,1-3,5-7H3/b12-10+. The SMILES string of the molecule is C=C(/C=C/CC1CCC2(C)C(=CCC3C2CCC2(C)C(C(C)CCCC(C)C)CCC32)C1)CC. The van der Waals surface area contributed by atoms with Gasteiger partial charge < -0.3 is 0 Å². The van der Waals surface area contributed by atoms with E-state index in [1.54, 1.807) is 0 Å². The molecule has 0 heteroatoms. The molecular formula is C34H56. The first-order valence-electron chi connectivity index (χ1n) is 15.2. The van der Waals surface area contributed by atoms with Crippen molar-refractivity contribution in [2.45, 2.75) is 125 Å². The molecule has 4 rings (SSSR count). The monoisotopic (exact) mass is 464 g/mol. The molecule has 8 unspecified atom stereocenters. The van der Waals surface area contributed by atoms with E-state index in [4.69, 9.17) is 0 Å². The lowest BCUT2D eigenvalue weighted by Gasteiger charge is -2.58. The molecule has 192 valence electrons. The second-order valence-electron chi connectivity index (χ2n) is 14.0. The van der Waals surface area contributed by atoms with Crippen LogP contribution in [0, 0.1) is 52.3 Å². The Morgan fingerprint density at radius 1 is 1.06 bits per heavy atom. The highest BCUT2D eigenvalue weighted by Crippen LogP contribution is 2.67. The van der Waals surface area contributed by atoms with Crippen molar-refractivity contribution >= 4 is 0 Å². The van der Waals surface area contributed by atoms with Crippen LogP contribution in [-0.4, -0.2) is 0 Å². The second-order valence-corrected chi connectivity index (χ2v) is 14.0. The van der Waals surface area contributed by atoms with Gasteiger partial charge in [-0.3, -0.25) is 0 Å². The Kier molecular flexibility index (Phi) is 8.26. The van der Waals surface area contributed by atoms with Crippen LogP contribution < -0.4 is 0 Å². The van der Waals surface area contributed by atoms with Crippen molar-refractivity contribution in [1.29, 1.82) is 0 Å². The zero-order valence-electron chi connectivity index (χ0n) is 23.7. The highest BCUT2D eigenvalue weighted by atomic mass is 14.6. The Labute approximate surface area is 213 Å². The van der Waals surface area contributed by atoms with Gasteiger partial charge in [0.2, 0.25) is 0 Å². The fourth-order valence-corrected chi connectivity index (χ4v) is 9.51. The quantitative estimate of drug-likeness (QED) is 0.235. The van der Waals surface area contributed by atoms with E-state index >= 15 is 0 Å². The lowest BCUT2D eigenvalue weighted by molar-refractivity contribution is -0.0526. The van der Waals surface area contributed by atoms with Crippen LogP contribution in [0.2, 0.25) is 0 Å². The van der Waals surface area contributed by atoms with Crippen molar-refractivity contribution in [3.63, 3.8) is 0 Å². The predicted octanol–water partition coefficient (Wildman–Crippen LogP) is 10.6. The predicted molar refractivity (Wildman–Crippen MR) is 150 cm³/mol. The summed E-state index contributed by atoms with van der Waals surface area (Å²) >= 11 is 0. The Hall–Kier alpha value is -0.780. The van der Waals surface area contributed by atoms with E-state index in [-0.39, 0.29) is 0 Å². The molecule has 0 heterocycles. The summed E-state index contributed by atoms with van der Waals surface area (Å²) in [4.78, 5) is 0. The Morgan fingerprint density at radius 2 is 1.85 bits per heavy atom. The van der Waals surface area contributed by atoms with E-state index in [0.717, 1.165) is 47.8 Å². The third-order valence-electron chi connectivity index (χ3n) is 11.7.